The first-order valence-electron chi connectivity index (χ1n) is 7.04. The topological polar surface area (TPSA) is 38.7 Å². The molecule has 0 aromatic heterocycles. The second-order valence-electron chi connectivity index (χ2n) is 5.24. The molecule has 0 fully saturated rings. The molecule has 0 aliphatic rings. The van der Waals surface area contributed by atoms with Crippen LogP contribution in [0.15, 0.2) is 48.5 Å². The smallest absolute Gasteiger partial charge is 0.457 e. The van der Waals surface area contributed by atoms with E-state index in [0.717, 1.165) is 24.3 Å². The molecular weight excluding hydrogens is 347 g/mol. The van der Waals surface area contributed by atoms with Gasteiger partial charge in [0, 0.05) is 0 Å². The molecule has 25 heavy (non-hydrogen) atoms. The van der Waals surface area contributed by atoms with Crippen molar-refractivity contribution in [3.8, 4) is 11.5 Å². The van der Waals surface area contributed by atoms with E-state index in [1.165, 1.54) is 38.5 Å². The molecule has 0 radical (unpaired) electrons. The van der Waals surface area contributed by atoms with Gasteiger partial charge in [-0.1, -0.05) is 24.3 Å². The number of hydrogen-bond donors (Lipinski definition) is 1. The van der Waals surface area contributed by atoms with Crippen molar-refractivity contribution < 1.29 is 36.5 Å². The Morgan fingerprint density at radius 2 is 1.00 bits per heavy atom. The largest absolute Gasteiger partial charge is 0.497 e. The van der Waals surface area contributed by atoms with Crippen LogP contribution in [0.4, 0.5) is 22.0 Å². The normalized spacial score (nSPS) is 12.8. The zero-order valence-electron chi connectivity index (χ0n) is 13.3. The van der Waals surface area contributed by atoms with E-state index in [9.17, 15) is 27.1 Å². The fourth-order valence-corrected chi connectivity index (χ4v) is 2.40. The maximum absolute atomic E-state index is 14.3. The van der Waals surface area contributed by atoms with Crippen LogP contribution >= 0.6 is 0 Å². The zero-order valence-corrected chi connectivity index (χ0v) is 13.3. The van der Waals surface area contributed by atoms with Crippen LogP contribution in [0.25, 0.3) is 0 Å². The van der Waals surface area contributed by atoms with E-state index in [1.807, 2.05) is 0 Å². The summed E-state index contributed by atoms with van der Waals surface area (Å²) >= 11 is 0. The van der Waals surface area contributed by atoms with Gasteiger partial charge in [-0.15, -0.1) is 0 Å². The van der Waals surface area contributed by atoms with Crippen molar-refractivity contribution in [1.29, 1.82) is 0 Å². The summed E-state index contributed by atoms with van der Waals surface area (Å²) in [6.07, 6.45) is -5.97. The number of methoxy groups -OCH3 is 2. The molecule has 8 heteroatoms. The molecule has 2 rings (SSSR count). The van der Waals surface area contributed by atoms with Gasteiger partial charge in [-0.3, -0.25) is 0 Å². The number of alkyl halides is 5. The third kappa shape index (κ3) is 3.13. The van der Waals surface area contributed by atoms with Crippen LogP contribution in [0.5, 0.6) is 11.5 Å². The highest BCUT2D eigenvalue weighted by atomic mass is 19.4. The number of hydrogen-bond acceptors (Lipinski definition) is 3. The van der Waals surface area contributed by atoms with Crippen LogP contribution in [-0.4, -0.2) is 31.4 Å². The van der Waals surface area contributed by atoms with E-state index < -0.39 is 28.8 Å². The van der Waals surface area contributed by atoms with Crippen molar-refractivity contribution in [2.45, 2.75) is 17.7 Å². The molecule has 0 atom stereocenters. The molecule has 0 aliphatic carbocycles. The van der Waals surface area contributed by atoms with Gasteiger partial charge in [0.05, 0.1) is 14.2 Å². The highest BCUT2D eigenvalue weighted by molar-refractivity contribution is 5.43. The molecule has 2 aromatic rings. The third-order valence-electron chi connectivity index (χ3n) is 3.83. The van der Waals surface area contributed by atoms with Gasteiger partial charge in [0.2, 0.25) is 0 Å². The van der Waals surface area contributed by atoms with Crippen LogP contribution < -0.4 is 9.47 Å². The number of ether oxygens (including phenoxy) is 2. The quantitative estimate of drug-likeness (QED) is 0.813. The lowest BCUT2D eigenvalue weighted by molar-refractivity contribution is -0.336. The van der Waals surface area contributed by atoms with Gasteiger partial charge in [-0.2, -0.15) is 22.0 Å². The standard InChI is InChI=1S/C17H15F5O3/c1-24-13-7-3-11(4-8-13)15(23,16(18,19)17(20,21)22)12-5-9-14(25-2)10-6-12/h3-10,23H,1-2H3. The van der Waals surface area contributed by atoms with Crippen molar-refractivity contribution in [1.82, 2.24) is 0 Å². The zero-order chi connectivity index (χ0) is 18.9. The molecule has 1 N–H and O–H groups in total. The van der Waals surface area contributed by atoms with Crippen molar-refractivity contribution in [3.05, 3.63) is 59.7 Å². The molecule has 0 spiro atoms. The summed E-state index contributed by atoms with van der Waals surface area (Å²) in [6, 6.07) is 8.61. The van der Waals surface area contributed by atoms with Crippen LogP contribution in [-0.2, 0) is 5.60 Å². The van der Waals surface area contributed by atoms with E-state index in [1.54, 1.807) is 0 Å². The van der Waals surface area contributed by atoms with Crippen LogP contribution in [0, 0.1) is 0 Å². The molecule has 0 aliphatic heterocycles. The fraction of sp³-hybridized carbons (Fsp3) is 0.294. The van der Waals surface area contributed by atoms with E-state index in [0.29, 0.717) is 0 Å². The lowest BCUT2D eigenvalue weighted by Gasteiger charge is -2.37. The van der Waals surface area contributed by atoms with Gasteiger partial charge in [-0.25, -0.2) is 0 Å². The molecule has 0 saturated carbocycles. The molecule has 2 aromatic carbocycles. The molecule has 136 valence electrons. The maximum atomic E-state index is 14.3. The van der Waals surface area contributed by atoms with Crippen LogP contribution in [0.3, 0.4) is 0 Å². The Bertz CT molecular complexity index is 661. The summed E-state index contributed by atoms with van der Waals surface area (Å²) in [5.74, 6) is -4.95. The van der Waals surface area contributed by atoms with Crippen LogP contribution in [0.2, 0.25) is 0 Å². The molecule has 3 nitrogen and oxygen atoms in total. The Morgan fingerprint density at radius 3 is 1.24 bits per heavy atom. The molecule has 0 unspecified atom stereocenters. The maximum Gasteiger partial charge on any atom is 0.457 e. The van der Waals surface area contributed by atoms with E-state index in [4.69, 9.17) is 9.47 Å². The Kier molecular flexibility index (Phi) is 4.94. The first kappa shape index (κ1) is 19.0. The predicted molar refractivity (Wildman–Crippen MR) is 80.0 cm³/mol. The first-order chi connectivity index (χ1) is 11.6. The minimum absolute atomic E-state index is 0.246. The second kappa shape index (κ2) is 6.51. The highest BCUT2D eigenvalue weighted by Crippen LogP contribution is 2.52. The monoisotopic (exact) mass is 362 g/mol. The number of aliphatic hydroxyl groups is 1. The summed E-state index contributed by atoms with van der Waals surface area (Å²) < 4.78 is 77.4. The minimum Gasteiger partial charge on any atom is -0.497 e. The summed E-state index contributed by atoms with van der Waals surface area (Å²) in [5.41, 5.74) is -4.87. The Balaban J connectivity index is 2.69. The molecule has 0 saturated heterocycles. The van der Waals surface area contributed by atoms with Crippen LogP contribution in [0.1, 0.15) is 11.1 Å². The average Bonchev–Trinajstić information content (AvgIpc) is 2.60. The average molecular weight is 362 g/mol. The van der Waals surface area contributed by atoms with E-state index >= 15 is 0 Å². The van der Waals surface area contributed by atoms with Crippen molar-refractivity contribution >= 4 is 0 Å². The SMILES string of the molecule is COc1ccc(C(O)(c2ccc(OC)cc2)C(F)(F)C(F)(F)F)cc1. The van der Waals surface area contributed by atoms with Crippen molar-refractivity contribution in [2.75, 3.05) is 14.2 Å². The summed E-state index contributed by atoms with van der Waals surface area (Å²) in [6.45, 7) is 0. The summed E-state index contributed by atoms with van der Waals surface area (Å²) in [5, 5.41) is 10.6. The number of benzene rings is 2. The Labute approximate surface area is 140 Å². The summed E-state index contributed by atoms with van der Waals surface area (Å²) in [7, 11) is 2.63. The van der Waals surface area contributed by atoms with Gasteiger partial charge in [0.1, 0.15) is 11.5 Å². The fourth-order valence-electron chi connectivity index (χ4n) is 2.40. The van der Waals surface area contributed by atoms with E-state index in [-0.39, 0.29) is 11.5 Å². The Hall–Kier alpha value is -2.35. The van der Waals surface area contributed by atoms with Gasteiger partial charge >= 0.3 is 12.1 Å². The van der Waals surface area contributed by atoms with E-state index in [2.05, 4.69) is 0 Å². The lowest BCUT2D eigenvalue weighted by atomic mass is 9.80. The van der Waals surface area contributed by atoms with Crippen molar-refractivity contribution in [3.63, 3.8) is 0 Å². The van der Waals surface area contributed by atoms with Gasteiger partial charge in [-0.05, 0) is 35.4 Å². The van der Waals surface area contributed by atoms with Crippen molar-refractivity contribution in [2.24, 2.45) is 0 Å². The summed E-state index contributed by atoms with van der Waals surface area (Å²) in [4.78, 5) is 0. The lowest BCUT2D eigenvalue weighted by Crippen LogP contribution is -2.55. The third-order valence-corrected chi connectivity index (χ3v) is 3.83. The molecule has 0 amide bonds. The highest BCUT2D eigenvalue weighted by Gasteiger charge is 2.71. The first-order valence-corrected chi connectivity index (χ1v) is 7.04. The predicted octanol–water partition coefficient (Wildman–Crippen LogP) is 4.14. The molecule has 0 bridgehead atoms. The second-order valence-corrected chi connectivity index (χ2v) is 5.24. The van der Waals surface area contributed by atoms with Gasteiger partial charge in [0.15, 0.2) is 5.60 Å². The minimum atomic E-state index is -5.97. The number of rotatable bonds is 5. The van der Waals surface area contributed by atoms with Gasteiger partial charge in [0.25, 0.3) is 0 Å². The van der Waals surface area contributed by atoms with Gasteiger partial charge < -0.3 is 14.6 Å². The Morgan fingerprint density at radius 1 is 0.680 bits per heavy atom. The number of halogens is 5. The molecular formula is C17H15F5O3. The molecule has 0 heterocycles.